The third-order valence-electron chi connectivity index (χ3n) is 4.71. The van der Waals surface area contributed by atoms with Gasteiger partial charge in [0.2, 0.25) is 0 Å². The lowest BCUT2D eigenvalue weighted by atomic mass is 10.1. The molecule has 0 aliphatic heterocycles. The van der Waals surface area contributed by atoms with Gasteiger partial charge >= 0.3 is 0 Å². The summed E-state index contributed by atoms with van der Waals surface area (Å²) in [5.74, 6) is 0.590. The molecule has 2 heterocycles. The lowest BCUT2D eigenvalue weighted by molar-refractivity contribution is 0.597. The second-order valence-corrected chi connectivity index (χ2v) is 9.04. The summed E-state index contributed by atoms with van der Waals surface area (Å²) in [5.41, 5.74) is 1.84. The number of nitrogens with zero attached hydrogens (tertiary/aromatic N) is 3. The molecule has 7 nitrogen and oxygen atoms in total. The fourth-order valence-corrected chi connectivity index (χ4v) is 3.78. The van der Waals surface area contributed by atoms with Crippen LogP contribution >= 0.6 is 0 Å². The third-order valence-corrected chi connectivity index (χ3v) is 6.46. The Bertz CT molecular complexity index is 1180. The van der Waals surface area contributed by atoms with Crippen molar-refractivity contribution in [2.45, 2.75) is 30.7 Å². The number of nitrogens with one attached hydrogen (secondary N) is 1. The van der Waals surface area contributed by atoms with Crippen molar-refractivity contribution in [3.63, 3.8) is 0 Å². The fourth-order valence-electron chi connectivity index (χ4n) is 2.89. The van der Waals surface area contributed by atoms with Gasteiger partial charge in [-0.2, -0.15) is 0 Å². The van der Waals surface area contributed by atoms with E-state index in [-0.39, 0.29) is 16.2 Å². The van der Waals surface area contributed by atoms with E-state index in [1.807, 2.05) is 0 Å². The maximum atomic E-state index is 12.6. The molecule has 0 bridgehead atoms. The van der Waals surface area contributed by atoms with E-state index in [2.05, 4.69) is 15.3 Å². The molecule has 1 aromatic carbocycles. The average Bonchev–Trinajstić information content (AvgIpc) is 3.48. The molecule has 3 aromatic rings. The van der Waals surface area contributed by atoms with Gasteiger partial charge in [-0.25, -0.2) is 18.4 Å². The van der Waals surface area contributed by atoms with Gasteiger partial charge in [0, 0.05) is 18.7 Å². The zero-order valence-electron chi connectivity index (χ0n) is 15.1. The molecule has 1 aliphatic carbocycles. The number of fused-ring (bicyclic) bond motifs is 1. The molecular formula is C19H20N4O3S. The molecule has 2 aromatic heterocycles. The summed E-state index contributed by atoms with van der Waals surface area (Å²) in [7, 11) is -1.58. The molecule has 0 radical (unpaired) electrons. The van der Waals surface area contributed by atoms with E-state index in [9.17, 15) is 13.2 Å². The van der Waals surface area contributed by atoms with Crippen LogP contribution in [-0.4, -0.2) is 34.7 Å². The number of sulfone groups is 1. The first-order valence-corrected chi connectivity index (χ1v) is 10.5. The lowest BCUT2D eigenvalue weighted by Gasteiger charge is -2.11. The van der Waals surface area contributed by atoms with Crippen LogP contribution in [0.1, 0.15) is 19.8 Å². The smallest absolute Gasteiger partial charge is 0.264 e. The maximum Gasteiger partial charge on any atom is 0.264 e. The van der Waals surface area contributed by atoms with E-state index >= 15 is 0 Å². The van der Waals surface area contributed by atoms with Crippen LogP contribution in [0, 0.1) is 0 Å². The summed E-state index contributed by atoms with van der Waals surface area (Å²) in [6, 6.07) is 8.74. The van der Waals surface area contributed by atoms with Crippen LogP contribution in [0.3, 0.4) is 0 Å². The first kappa shape index (κ1) is 17.7. The average molecular weight is 384 g/mol. The Kier molecular flexibility index (Phi) is 4.22. The summed E-state index contributed by atoms with van der Waals surface area (Å²) >= 11 is 0. The summed E-state index contributed by atoms with van der Waals surface area (Å²) < 4.78 is 25.4. The van der Waals surface area contributed by atoms with Gasteiger partial charge in [-0.15, -0.1) is 0 Å². The normalized spacial score (nSPS) is 14.4. The minimum atomic E-state index is -3.25. The van der Waals surface area contributed by atoms with E-state index in [1.165, 1.54) is 10.9 Å². The topological polar surface area (TPSA) is 94.0 Å². The van der Waals surface area contributed by atoms with Crippen LogP contribution in [0.5, 0.6) is 0 Å². The highest BCUT2D eigenvalue weighted by Gasteiger charge is 2.24. The molecular weight excluding hydrogens is 364 g/mol. The van der Waals surface area contributed by atoms with Crippen molar-refractivity contribution in [3.8, 4) is 11.3 Å². The highest BCUT2D eigenvalue weighted by molar-refractivity contribution is 7.91. The van der Waals surface area contributed by atoms with Gasteiger partial charge in [0.05, 0.1) is 28.2 Å². The second-order valence-electron chi connectivity index (χ2n) is 6.76. The Balaban J connectivity index is 1.85. The van der Waals surface area contributed by atoms with Gasteiger partial charge in [0.15, 0.2) is 9.84 Å². The van der Waals surface area contributed by atoms with E-state index < -0.39 is 9.84 Å². The number of aryl methyl sites for hydroxylation is 1. The number of rotatable bonds is 5. The maximum absolute atomic E-state index is 12.6. The molecule has 140 valence electrons. The Hall–Kier alpha value is -2.74. The van der Waals surface area contributed by atoms with Crippen LogP contribution < -0.4 is 10.9 Å². The quantitative estimate of drug-likeness (QED) is 0.726. The zero-order chi connectivity index (χ0) is 19.2. The van der Waals surface area contributed by atoms with Crippen molar-refractivity contribution >= 4 is 26.6 Å². The van der Waals surface area contributed by atoms with Crippen LogP contribution in [0.25, 0.3) is 22.2 Å². The van der Waals surface area contributed by atoms with Gasteiger partial charge < -0.3 is 9.88 Å². The van der Waals surface area contributed by atoms with Gasteiger partial charge in [-0.1, -0.05) is 19.1 Å². The lowest BCUT2D eigenvalue weighted by Crippen LogP contribution is -2.19. The van der Waals surface area contributed by atoms with E-state index in [0.29, 0.717) is 28.5 Å². The first-order valence-electron chi connectivity index (χ1n) is 8.85. The van der Waals surface area contributed by atoms with Gasteiger partial charge in [-0.3, -0.25) is 4.79 Å². The van der Waals surface area contributed by atoms with Crippen molar-refractivity contribution in [1.29, 1.82) is 0 Å². The van der Waals surface area contributed by atoms with Crippen LogP contribution in [0.15, 0.2) is 46.3 Å². The van der Waals surface area contributed by atoms with E-state index in [4.69, 9.17) is 0 Å². The van der Waals surface area contributed by atoms with Crippen molar-refractivity contribution in [1.82, 2.24) is 14.5 Å². The molecule has 0 atom stereocenters. The van der Waals surface area contributed by atoms with Gasteiger partial charge in [-0.05, 0) is 31.0 Å². The Labute approximate surface area is 157 Å². The molecule has 4 rings (SSSR count). The van der Waals surface area contributed by atoms with Crippen molar-refractivity contribution in [2.75, 3.05) is 11.1 Å². The Morgan fingerprint density at radius 2 is 1.93 bits per heavy atom. The minimum absolute atomic E-state index is 0.0588. The van der Waals surface area contributed by atoms with Gasteiger partial charge in [0.1, 0.15) is 11.2 Å². The molecule has 8 heteroatoms. The summed E-state index contributed by atoms with van der Waals surface area (Å²) in [5, 5.41) is 3.79. The molecule has 27 heavy (non-hydrogen) atoms. The van der Waals surface area contributed by atoms with Gasteiger partial charge in [0.25, 0.3) is 5.56 Å². The summed E-state index contributed by atoms with van der Waals surface area (Å²) in [6.07, 6.45) is 3.60. The predicted molar refractivity (Wildman–Crippen MR) is 105 cm³/mol. The number of hydrogen-bond donors (Lipinski definition) is 1. The SMILES string of the molecule is CCS(=O)(=O)c1ccc(-c2cc3ncn(C)c(=O)c3c(NC3CC3)n2)cc1. The minimum Gasteiger partial charge on any atom is -0.367 e. The number of pyridine rings is 1. The van der Waals surface area contributed by atoms with Crippen LogP contribution in [0.4, 0.5) is 5.82 Å². The highest BCUT2D eigenvalue weighted by Crippen LogP contribution is 2.30. The summed E-state index contributed by atoms with van der Waals surface area (Å²) in [6.45, 7) is 1.62. The largest absolute Gasteiger partial charge is 0.367 e. The zero-order valence-corrected chi connectivity index (χ0v) is 16.0. The van der Waals surface area contributed by atoms with Crippen molar-refractivity contribution < 1.29 is 8.42 Å². The van der Waals surface area contributed by atoms with Crippen molar-refractivity contribution in [2.24, 2.45) is 7.05 Å². The number of aromatic nitrogens is 3. The van der Waals surface area contributed by atoms with E-state index in [1.54, 1.807) is 44.3 Å². The molecule has 1 fully saturated rings. The van der Waals surface area contributed by atoms with E-state index in [0.717, 1.165) is 18.4 Å². The third kappa shape index (κ3) is 3.32. The highest BCUT2D eigenvalue weighted by atomic mass is 32.2. The van der Waals surface area contributed by atoms with Crippen LogP contribution in [0.2, 0.25) is 0 Å². The number of anilines is 1. The molecule has 1 aliphatic rings. The first-order chi connectivity index (χ1) is 12.9. The van der Waals surface area contributed by atoms with Crippen molar-refractivity contribution in [3.05, 3.63) is 47.0 Å². The second kappa shape index (κ2) is 6.45. The molecule has 1 saturated carbocycles. The standard InChI is InChI=1S/C19H20N4O3S/c1-3-27(25,26)14-8-4-12(5-9-14)15-10-16-17(19(24)23(2)11-20-16)18(22-15)21-13-6-7-13/h4-5,8-11,13H,3,6-7H2,1-2H3,(H,21,22). The molecule has 0 unspecified atom stereocenters. The fraction of sp³-hybridized carbons (Fsp3) is 0.316. The Morgan fingerprint density at radius 1 is 1.22 bits per heavy atom. The predicted octanol–water partition coefficient (Wildman–Crippen LogP) is 2.36. The Morgan fingerprint density at radius 3 is 2.56 bits per heavy atom. The molecule has 0 spiro atoms. The number of benzene rings is 1. The monoisotopic (exact) mass is 384 g/mol. The molecule has 1 N–H and O–H groups in total. The summed E-state index contributed by atoms with van der Waals surface area (Å²) in [4.78, 5) is 21.9. The molecule has 0 amide bonds. The number of hydrogen-bond acceptors (Lipinski definition) is 6. The molecule has 0 saturated heterocycles. The van der Waals surface area contributed by atoms with Crippen LogP contribution in [-0.2, 0) is 16.9 Å².